The smallest absolute Gasteiger partial charge is 0.131 e. The van der Waals surface area contributed by atoms with Gasteiger partial charge >= 0.3 is 0 Å². The lowest BCUT2D eigenvalue weighted by Crippen LogP contribution is -2.11. The third kappa shape index (κ3) is 2.53. The van der Waals surface area contributed by atoms with Crippen LogP contribution in [-0.4, -0.2) is 19.7 Å². The standard InChI is InChI=1S/C11H14BrN5/c1-7(2)11-14-5-10(9(3-13)16-11)17-6-8(12)4-15-17/h4-7H,3,13H2,1-2H3. The lowest BCUT2D eigenvalue weighted by Gasteiger charge is -2.10. The molecule has 6 heteroatoms. The molecule has 0 unspecified atom stereocenters. The Morgan fingerprint density at radius 1 is 1.41 bits per heavy atom. The first kappa shape index (κ1) is 12.2. The van der Waals surface area contributed by atoms with E-state index in [9.17, 15) is 0 Å². The van der Waals surface area contributed by atoms with E-state index < -0.39 is 0 Å². The highest BCUT2D eigenvalue weighted by Crippen LogP contribution is 2.17. The maximum Gasteiger partial charge on any atom is 0.131 e. The largest absolute Gasteiger partial charge is 0.325 e. The summed E-state index contributed by atoms with van der Waals surface area (Å²) in [6, 6.07) is 0. The minimum Gasteiger partial charge on any atom is -0.325 e. The van der Waals surface area contributed by atoms with Gasteiger partial charge in [-0.25, -0.2) is 14.6 Å². The molecule has 0 saturated carbocycles. The van der Waals surface area contributed by atoms with Crippen molar-refractivity contribution in [2.24, 2.45) is 5.73 Å². The molecule has 2 N–H and O–H groups in total. The van der Waals surface area contributed by atoms with Gasteiger partial charge in [-0.1, -0.05) is 13.8 Å². The molecule has 17 heavy (non-hydrogen) atoms. The van der Waals surface area contributed by atoms with Crippen LogP contribution in [0.15, 0.2) is 23.1 Å². The number of hydrogen-bond acceptors (Lipinski definition) is 4. The number of aromatic nitrogens is 4. The van der Waals surface area contributed by atoms with Crippen LogP contribution < -0.4 is 5.73 Å². The van der Waals surface area contributed by atoms with Gasteiger partial charge in [0.25, 0.3) is 0 Å². The van der Waals surface area contributed by atoms with E-state index >= 15 is 0 Å². The van der Waals surface area contributed by atoms with Crippen LogP contribution in [0.5, 0.6) is 0 Å². The molecular formula is C11H14BrN5. The first-order valence-electron chi connectivity index (χ1n) is 5.38. The summed E-state index contributed by atoms with van der Waals surface area (Å²) in [5, 5.41) is 4.20. The molecule has 0 aliphatic rings. The summed E-state index contributed by atoms with van der Waals surface area (Å²) in [5.74, 6) is 1.10. The van der Waals surface area contributed by atoms with Crippen LogP contribution in [-0.2, 0) is 6.54 Å². The number of nitrogens with zero attached hydrogens (tertiary/aromatic N) is 4. The van der Waals surface area contributed by atoms with E-state index in [0.717, 1.165) is 21.7 Å². The summed E-state index contributed by atoms with van der Waals surface area (Å²) in [7, 11) is 0. The van der Waals surface area contributed by atoms with Crippen molar-refractivity contribution in [3.63, 3.8) is 0 Å². The molecular weight excluding hydrogens is 282 g/mol. The van der Waals surface area contributed by atoms with Crippen molar-refractivity contribution in [2.45, 2.75) is 26.3 Å². The van der Waals surface area contributed by atoms with Crippen molar-refractivity contribution >= 4 is 15.9 Å². The highest BCUT2D eigenvalue weighted by Gasteiger charge is 2.10. The van der Waals surface area contributed by atoms with Crippen LogP contribution in [0.2, 0.25) is 0 Å². The molecule has 2 aromatic heterocycles. The van der Waals surface area contributed by atoms with E-state index in [1.54, 1.807) is 17.1 Å². The molecule has 0 fully saturated rings. The summed E-state index contributed by atoms with van der Waals surface area (Å²) < 4.78 is 2.63. The lowest BCUT2D eigenvalue weighted by atomic mass is 10.2. The van der Waals surface area contributed by atoms with Crippen LogP contribution in [0.1, 0.15) is 31.3 Å². The zero-order valence-electron chi connectivity index (χ0n) is 9.76. The van der Waals surface area contributed by atoms with Gasteiger partial charge in [0.1, 0.15) is 11.5 Å². The van der Waals surface area contributed by atoms with Gasteiger partial charge in [-0.05, 0) is 15.9 Å². The maximum absolute atomic E-state index is 5.72. The van der Waals surface area contributed by atoms with E-state index in [-0.39, 0.29) is 0 Å². The van der Waals surface area contributed by atoms with Crippen molar-refractivity contribution < 1.29 is 0 Å². The molecule has 0 aromatic carbocycles. The normalized spacial score (nSPS) is 11.1. The van der Waals surface area contributed by atoms with Gasteiger partial charge in [-0.15, -0.1) is 0 Å². The van der Waals surface area contributed by atoms with Crippen molar-refractivity contribution in [3.05, 3.63) is 34.6 Å². The fraction of sp³-hybridized carbons (Fsp3) is 0.364. The van der Waals surface area contributed by atoms with Gasteiger partial charge in [0.15, 0.2) is 0 Å². The van der Waals surface area contributed by atoms with Gasteiger partial charge in [-0.3, -0.25) is 0 Å². The molecule has 5 nitrogen and oxygen atoms in total. The topological polar surface area (TPSA) is 69.6 Å². The molecule has 0 radical (unpaired) electrons. The molecule has 2 rings (SSSR count). The molecule has 2 heterocycles. The Bertz CT molecular complexity index is 520. The Morgan fingerprint density at radius 2 is 2.18 bits per heavy atom. The highest BCUT2D eigenvalue weighted by molar-refractivity contribution is 9.10. The van der Waals surface area contributed by atoms with Crippen LogP contribution in [0, 0.1) is 0 Å². The molecule has 90 valence electrons. The predicted molar refractivity (Wildman–Crippen MR) is 68.8 cm³/mol. The monoisotopic (exact) mass is 295 g/mol. The van der Waals surface area contributed by atoms with E-state index in [1.165, 1.54) is 0 Å². The van der Waals surface area contributed by atoms with Crippen LogP contribution >= 0.6 is 15.9 Å². The van der Waals surface area contributed by atoms with Crippen molar-refractivity contribution in [3.8, 4) is 5.69 Å². The maximum atomic E-state index is 5.72. The number of halogens is 1. The van der Waals surface area contributed by atoms with Crippen LogP contribution in [0.3, 0.4) is 0 Å². The summed E-state index contributed by atoms with van der Waals surface area (Å²) in [6.45, 7) is 4.48. The second kappa shape index (κ2) is 4.93. The Hall–Kier alpha value is -1.27. The first-order valence-corrected chi connectivity index (χ1v) is 6.17. The average Bonchev–Trinajstić information content (AvgIpc) is 2.74. The molecule has 2 aromatic rings. The number of hydrogen-bond donors (Lipinski definition) is 1. The Morgan fingerprint density at radius 3 is 2.71 bits per heavy atom. The fourth-order valence-electron chi connectivity index (χ4n) is 1.48. The van der Waals surface area contributed by atoms with Crippen molar-refractivity contribution in [1.82, 2.24) is 19.7 Å². The van der Waals surface area contributed by atoms with E-state index in [1.807, 2.05) is 6.20 Å². The molecule has 0 aliphatic heterocycles. The minimum atomic E-state index is 0.290. The van der Waals surface area contributed by atoms with Gasteiger partial charge in [0.2, 0.25) is 0 Å². The van der Waals surface area contributed by atoms with Gasteiger partial charge in [-0.2, -0.15) is 5.10 Å². The predicted octanol–water partition coefficient (Wildman–Crippen LogP) is 2.01. The van der Waals surface area contributed by atoms with Crippen molar-refractivity contribution in [1.29, 1.82) is 0 Å². The van der Waals surface area contributed by atoms with E-state index in [4.69, 9.17) is 5.73 Å². The number of nitrogens with two attached hydrogens (primary N) is 1. The summed E-state index contributed by atoms with van der Waals surface area (Å²) in [6.07, 6.45) is 5.34. The molecule has 0 spiro atoms. The Labute approximate surface area is 108 Å². The van der Waals surface area contributed by atoms with Gasteiger partial charge in [0.05, 0.1) is 22.6 Å². The van der Waals surface area contributed by atoms with Gasteiger partial charge in [0, 0.05) is 18.7 Å². The molecule has 0 bridgehead atoms. The molecule has 0 aliphatic carbocycles. The quantitative estimate of drug-likeness (QED) is 0.940. The molecule has 0 atom stereocenters. The van der Waals surface area contributed by atoms with Crippen LogP contribution in [0.4, 0.5) is 0 Å². The van der Waals surface area contributed by atoms with Crippen molar-refractivity contribution in [2.75, 3.05) is 0 Å². The minimum absolute atomic E-state index is 0.290. The summed E-state index contributed by atoms with van der Waals surface area (Å²) >= 11 is 3.36. The fourth-order valence-corrected chi connectivity index (χ4v) is 1.76. The highest BCUT2D eigenvalue weighted by atomic mass is 79.9. The Kier molecular flexibility index (Phi) is 3.54. The second-order valence-corrected chi connectivity index (χ2v) is 4.94. The molecule has 0 amide bonds. The molecule has 0 saturated heterocycles. The Balaban J connectivity index is 2.48. The first-order chi connectivity index (χ1) is 8.11. The average molecular weight is 296 g/mol. The summed E-state index contributed by atoms with van der Waals surface area (Å²) in [5.41, 5.74) is 7.35. The third-order valence-electron chi connectivity index (χ3n) is 2.37. The SMILES string of the molecule is CC(C)c1ncc(-n2cc(Br)cn2)c(CN)n1. The second-order valence-electron chi connectivity index (χ2n) is 4.02. The number of rotatable bonds is 3. The lowest BCUT2D eigenvalue weighted by molar-refractivity contribution is 0.737. The zero-order chi connectivity index (χ0) is 12.4. The van der Waals surface area contributed by atoms with Crippen LogP contribution in [0.25, 0.3) is 5.69 Å². The van der Waals surface area contributed by atoms with E-state index in [0.29, 0.717) is 12.5 Å². The summed E-state index contributed by atoms with van der Waals surface area (Å²) in [4.78, 5) is 8.79. The van der Waals surface area contributed by atoms with Gasteiger partial charge < -0.3 is 5.73 Å². The third-order valence-corrected chi connectivity index (χ3v) is 2.78. The van der Waals surface area contributed by atoms with E-state index in [2.05, 4.69) is 44.8 Å². The zero-order valence-corrected chi connectivity index (χ0v) is 11.3.